The number of carbonyl (C=O) groups excluding carboxylic acids is 1. The van der Waals surface area contributed by atoms with Gasteiger partial charge in [-0.3, -0.25) is 4.79 Å². The summed E-state index contributed by atoms with van der Waals surface area (Å²) in [7, 11) is 0. The van der Waals surface area contributed by atoms with E-state index < -0.39 is 11.5 Å². The number of rotatable bonds is 5. The summed E-state index contributed by atoms with van der Waals surface area (Å²) in [6.45, 7) is 2.89. The van der Waals surface area contributed by atoms with Crippen molar-refractivity contribution in [3.63, 3.8) is 0 Å². The maximum Gasteiger partial charge on any atom is 0.329 e. The average molecular weight is 268 g/mol. The number of carboxylic acids is 1. The summed E-state index contributed by atoms with van der Waals surface area (Å²) in [5.74, 6) is -0.988. The molecule has 0 unspecified atom stereocenters. The number of amides is 1. The number of carbonyl (C=O) groups is 2. The third-order valence-electron chi connectivity index (χ3n) is 4.35. The van der Waals surface area contributed by atoms with Crippen molar-refractivity contribution >= 4 is 11.9 Å². The lowest BCUT2D eigenvalue weighted by Crippen LogP contribution is -2.55. The summed E-state index contributed by atoms with van der Waals surface area (Å²) in [5.41, 5.74) is -1.000. The second-order valence-electron chi connectivity index (χ2n) is 5.79. The van der Waals surface area contributed by atoms with Gasteiger partial charge in [-0.2, -0.15) is 0 Å². The van der Waals surface area contributed by atoms with Crippen LogP contribution in [0.5, 0.6) is 0 Å². The van der Waals surface area contributed by atoms with Crippen molar-refractivity contribution in [3.8, 4) is 0 Å². The molecule has 1 saturated carbocycles. The molecular weight excluding hydrogens is 244 g/mol. The molecule has 1 heterocycles. The number of nitrogens with one attached hydrogen (secondary N) is 1. The molecule has 1 saturated heterocycles. The van der Waals surface area contributed by atoms with Crippen LogP contribution in [0.3, 0.4) is 0 Å². The van der Waals surface area contributed by atoms with Gasteiger partial charge in [-0.15, -0.1) is 0 Å². The van der Waals surface area contributed by atoms with Gasteiger partial charge in [0.05, 0.1) is 0 Å². The van der Waals surface area contributed by atoms with Gasteiger partial charge in [0.2, 0.25) is 5.91 Å². The Bertz CT molecular complexity index is 332. The maximum atomic E-state index is 12.0. The van der Waals surface area contributed by atoms with E-state index in [-0.39, 0.29) is 5.91 Å². The molecule has 1 aliphatic heterocycles. The molecule has 1 aliphatic carbocycles. The molecule has 19 heavy (non-hydrogen) atoms. The Morgan fingerprint density at radius 2 is 1.68 bits per heavy atom. The zero-order chi connectivity index (χ0) is 13.7. The van der Waals surface area contributed by atoms with Gasteiger partial charge in [-0.1, -0.05) is 19.3 Å². The quantitative estimate of drug-likeness (QED) is 0.790. The Morgan fingerprint density at radius 3 is 2.26 bits per heavy atom. The number of nitrogens with zero attached hydrogens (tertiary/aromatic N) is 1. The first-order chi connectivity index (χ1) is 9.12. The summed E-state index contributed by atoms with van der Waals surface area (Å²) in [4.78, 5) is 25.7. The van der Waals surface area contributed by atoms with Gasteiger partial charge in [0.25, 0.3) is 0 Å². The summed E-state index contributed by atoms with van der Waals surface area (Å²) in [6.07, 6.45) is 6.81. The molecule has 0 spiro atoms. The van der Waals surface area contributed by atoms with E-state index in [4.69, 9.17) is 0 Å². The molecule has 5 nitrogen and oxygen atoms in total. The molecule has 0 aromatic carbocycles. The van der Waals surface area contributed by atoms with Crippen LogP contribution in [0.4, 0.5) is 0 Å². The number of aliphatic carboxylic acids is 1. The van der Waals surface area contributed by atoms with E-state index in [0.717, 1.165) is 38.9 Å². The van der Waals surface area contributed by atoms with Crippen LogP contribution in [0.2, 0.25) is 0 Å². The van der Waals surface area contributed by atoms with Crippen LogP contribution in [-0.2, 0) is 9.59 Å². The highest BCUT2D eigenvalue weighted by Crippen LogP contribution is 2.28. The minimum absolute atomic E-state index is 0.115. The topological polar surface area (TPSA) is 69.6 Å². The highest BCUT2D eigenvalue weighted by molar-refractivity contribution is 5.87. The predicted molar refractivity (Wildman–Crippen MR) is 71.9 cm³/mol. The van der Waals surface area contributed by atoms with Crippen molar-refractivity contribution < 1.29 is 14.7 Å². The Hall–Kier alpha value is -1.10. The van der Waals surface area contributed by atoms with Crippen molar-refractivity contribution in [2.75, 3.05) is 19.6 Å². The fourth-order valence-corrected chi connectivity index (χ4v) is 3.14. The normalized spacial score (nSPS) is 23.2. The van der Waals surface area contributed by atoms with Crippen LogP contribution in [0.25, 0.3) is 0 Å². The third-order valence-corrected chi connectivity index (χ3v) is 4.35. The summed E-state index contributed by atoms with van der Waals surface area (Å²) in [6, 6.07) is 0. The largest absolute Gasteiger partial charge is 0.480 e. The van der Waals surface area contributed by atoms with Crippen LogP contribution in [-0.4, -0.2) is 47.1 Å². The Balaban J connectivity index is 1.82. The standard InChI is InChI=1S/C14H24N2O3/c17-12(6-11-16-9-4-5-10-16)15-14(13(18)19)7-2-1-3-8-14/h1-11H2,(H,15,17)(H,18,19). The molecule has 5 heteroatoms. The molecule has 2 aliphatic rings. The second kappa shape index (κ2) is 6.37. The Labute approximate surface area is 114 Å². The van der Waals surface area contributed by atoms with Crippen molar-refractivity contribution in [3.05, 3.63) is 0 Å². The first kappa shape index (κ1) is 14.3. The van der Waals surface area contributed by atoms with Crippen LogP contribution in [0.1, 0.15) is 51.4 Å². The zero-order valence-electron chi connectivity index (χ0n) is 11.5. The fraction of sp³-hybridized carbons (Fsp3) is 0.857. The van der Waals surface area contributed by atoms with Crippen LogP contribution in [0.15, 0.2) is 0 Å². The fourth-order valence-electron chi connectivity index (χ4n) is 3.14. The Morgan fingerprint density at radius 1 is 1.05 bits per heavy atom. The SMILES string of the molecule is O=C(CCN1CCCC1)NC1(C(=O)O)CCCCC1. The molecule has 2 rings (SSSR count). The first-order valence-electron chi connectivity index (χ1n) is 7.39. The van der Waals surface area contributed by atoms with E-state index in [0.29, 0.717) is 19.3 Å². The lowest BCUT2D eigenvalue weighted by Gasteiger charge is -2.34. The lowest BCUT2D eigenvalue weighted by atomic mass is 9.81. The number of carboxylic acid groups (broad SMARTS) is 1. The van der Waals surface area contributed by atoms with E-state index in [1.54, 1.807) is 0 Å². The van der Waals surface area contributed by atoms with Gasteiger partial charge < -0.3 is 15.3 Å². The van der Waals surface area contributed by atoms with Crippen molar-refractivity contribution in [1.82, 2.24) is 10.2 Å². The van der Waals surface area contributed by atoms with Gasteiger partial charge >= 0.3 is 5.97 Å². The van der Waals surface area contributed by atoms with E-state index in [1.165, 1.54) is 12.8 Å². The highest BCUT2D eigenvalue weighted by Gasteiger charge is 2.40. The molecule has 2 fully saturated rings. The van der Waals surface area contributed by atoms with Crippen molar-refractivity contribution in [2.45, 2.75) is 56.9 Å². The van der Waals surface area contributed by atoms with E-state index in [2.05, 4.69) is 10.2 Å². The number of hydrogen-bond donors (Lipinski definition) is 2. The minimum Gasteiger partial charge on any atom is -0.480 e. The van der Waals surface area contributed by atoms with Gasteiger partial charge in [-0.05, 0) is 38.8 Å². The van der Waals surface area contributed by atoms with Gasteiger partial charge in [0.1, 0.15) is 5.54 Å². The summed E-state index contributed by atoms with van der Waals surface area (Å²) < 4.78 is 0. The van der Waals surface area contributed by atoms with Crippen molar-refractivity contribution in [1.29, 1.82) is 0 Å². The van der Waals surface area contributed by atoms with Crippen molar-refractivity contribution in [2.24, 2.45) is 0 Å². The molecule has 108 valence electrons. The van der Waals surface area contributed by atoms with E-state index >= 15 is 0 Å². The summed E-state index contributed by atoms with van der Waals surface area (Å²) in [5, 5.41) is 12.2. The molecule has 0 aromatic rings. The smallest absolute Gasteiger partial charge is 0.329 e. The highest BCUT2D eigenvalue weighted by atomic mass is 16.4. The predicted octanol–water partition coefficient (Wildman–Crippen LogP) is 1.38. The average Bonchev–Trinajstić information content (AvgIpc) is 2.90. The zero-order valence-corrected chi connectivity index (χ0v) is 11.5. The molecule has 1 amide bonds. The Kier molecular flexibility index (Phi) is 4.80. The van der Waals surface area contributed by atoms with Crippen LogP contribution in [0, 0.1) is 0 Å². The molecule has 2 N–H and O–H groups in total. The first-order valence-corrected chi connectivity index (χ1v) is 7.39. The second-order valence-corrected chi connectivity index (χ2v) is 5.79. The van der Waals surface area contributed by atoms with Crippen LogP contribution < -0.4 is 5.32 Å². The maximum absolute atomic E-state index is 12.0. The van der Waals surface area contributed by atoms with E-state index in [1.807, 2.05) is 0 Å². The minimum atomic E-state index is -1.000. The number of hydrogen-bond acceptors (Lipinski definition) is 3. The third kappa shape index (κ3) is 3.69. The molecule has 0 bridgehead atoms. The summed E-state index contributed by atoms with van der Waals surface area (Å²) >= 11 is 0. The molecule has 0 radical (unpaired) electrons. The van der Waals surface area contributed by atoms with Gasteiger partial charge in [-0.25, -0.2) is 4.79 Å². The monoisotopic (exact) mass is 268 g/mol. The van der Waals surface area contributed by atoms with Crippen LogP contribution >= 0.6 is 0 Å². The molecule has 0 aromatic heterocycles. The van der Waals surface area contributed by atoms with Gasteiger partial charge in [0, 0.05) is 13.0 Å². The van der Waals surface area contributed by atoms with E-state index in [9.17, 15) is 14.7 Å². The number of likely N-dealkylation sites (tertiary alicyclic amines) is 1. The lowest BCUT2D eigenvalue weighted by molar-refractivity contribution is -0.149. The molecular formula is C14H24N2O3. The molecule has 0 atom stereocenters. The van der Waals surface area contributed by atoms with Gasteiger partial charge in [0.15, 0.2) is 0 Å².